The van der Waals surface area contributed by atoms with Crippen LogP contribution in [0.3, 0.4) is 0 Å². The lowest BCUT2D eigenvalue weighted by Gasteiger charge is -2.20. The van der Waals surface area contributed by atoms with Gasteiger partial charge in [0.05, 0.1) is 0 Å². The lowest BCUT2D eigenvalue weighted by molar-refractivity contribution is 0.623. The minimum atomic E-state index is 0.431. The lowest BCUT2D eigenvalue weighted by atomic mass is 10.1. The van der Waals surface area contributed by atoms with E-state index in [1.54, 1.807) is 0 Å². The monoisotopic (exact) mass is 314 g/mol. The summed E-state index contributed by atoms with van der Waals surface area (Å²) in [7, 11) is 0. The molecule has 1 aromatic rings. The number of halogens is 1. The van der Waals surface area contributed by atoms with Gasteiger partial charge in [-0.1, -0.05) is 48.4 Å². The summed E-state index contributed by atoms with van der Waals surface area (Å²) in [5, 5.41) is 3.52. The van der Waals surface area contributed by atoms with E-state index in [4.69, 9.17) is 18.0 Å². The van der Waals surface area contributed by atoms with Gasteiger partial charge in [-0.15, -0.1) is 0 Å². The molecule has 0 fully saturated rings. The minimum Gasteiger partial charge on any atom is -0.389 e. The van der Waals surface area contributed by atoms with E-state index < -0.39 is 0 Å². The maximum absolute atomic E-state index is 5.75. The zero-order valence-corrected chi connectivity index (χ0v) is 12.7. The van der Waals surface area contributed by atoms with Crippen LogP contribution in [0.4, 0.5) is 5.69 Å². The first kappa shape index (κ1) is 14.5. The van der Waals surface area contributed by atoms with Gasteiger partial charge < -0.3 is 11.1 Å². The van der Waals surface area contributed by atoms with Gasteiger partial charge >= 0.3 is 0 Å². The Hall–Kier alpha value is -0.610. The van der Waals surface area contributed by atoms with Crippen molar-refractivity contribution in [2.75, 3.05) is 5.32 Å². The molecule has 0 spiro atoms. The van der Waals surface area contributed by atoms with Gasteiger partial charge in [-0.25, -0.2) is 0 Å². The average molecular weight is 315 g/mol. The summed E-state index contributed by atoms with van der Waals surface area (Å²) in [6.45, 7) is 4.38. The van der Waals surface area contributed by atoms with Crippen LogP contribution < -0.4 is 11.1 Å². The summed E-state index contributed by atoms with van der Waals surface area (Å²) in [4.78, 5) is 0.431. The predicted molar refractivity (Wildman–Crippen MR) is 82.6 cm³/mol. The molecular formula is C13H19BrN2S. The van der Waals surface area contributed by atoms with E-state index in [2.05, 4.69) is 35.1 Å². The van der Waals surface area contributed by atoms with Crippen molar-refractivity contribution < 1.29 is 0 Å². The van der Waals surface area contributed by atoms with E-state index in [1.165, 1.54) is 6.42 Å². The molecule has 0 saturated carbocycles. The quantitative estimate of drug-likeness (QED) is 0.777. The third-order valence-electron chi connectivity index (χ3n) is 2.74. The topological polar surface area (TPSA) is 38.0 Å². The Morgan fingerprint density at radius 1 is 1.47 bits per heavy atom. The third-order valence-corrected chi connectivity index (χ3v) is 3.45. The van der Waals surface area contributed by atoms with E-state index in [0.29, 0.717) is 11.0 Å². The van der Waals surface area contributed by atoms with E-state index in [9.17, 15) is 0 Å². The number of nitrogens with one attached hydrogen (secondary N) is 1. The molecule has 0 aromatic heterocycles. The maximum Gasteiger partial charge on any atom is 0.106 e. The maximum atomic E-state index is 5.75. The zero-order chi connectivity index (χ0) is 12.8. The highest BCUT2D eigenvalue weighted by molar-refractivity contribution is 9.10. The van der Waals surface area contributed by atoms with Crippen molar-refractivity contribution in [1.29, 1.82) is 0 Å². The molecular weight excluding hydrogens is 296 g/mol. The standard InChI is InChI=1S/C13H19BrN2S/c1-3-5-10(4-2)16-12-7-6-9(14)8-11(12)13(15)17/h6-8,10,16H,3-5H2,1-2H3,(H2,15,17). The number of rotatable bonds is 6. The van der Waals surface area contributed by atoms with Crippen molar-refractivity contribution in [2.45, 2.75) is 39.2 Å². The second kappa shape index (κ2) is 6.97. The number of anilines is 1. The van der Waals surface area contributed by atoms with Crippen molar-refractivity contribution in [2.24, 2.45) is 5.73 Å². The fourth-order valence-electron chi connectivity index (χ4n) is 1.79. The van der Waals surface area contributed by atoms with Crippen LogP contribution in [-0.2, 0) is 0 Å². The van der Waals surface area contributed by atoms with Crippen molar-refractivity contribution in [1.82, 2.24) is 0 Å². The van der Waals surface area contributed by atoms with E-state index in [1.807, 2.05) is 18.2 Å². The molecule has 0 saturated heterocycles. The Morgan fingerprint density at radius 3 is 2.71 bits per heavy atom. The molecule has 3 N–H and O–H groups in total. The summed E-state index contributed by atoms with van der Waals surface area (Å²) in [5.74, 6) is 0. The number of hydrogen-bond acceptors (Lipinski definition) is 2. The molecule has 1 aromatic carbocycles. The number of nitrogens with two attached hydrogens (primary N) is 1. The first-order chi connectivity index (χ1) is 8.08. The van der Waals surface area contributed by atoms with E-state index in [-0.39, 0.29) is 0 Å². The van der Waals surface area contributed by atoms with Gasteiger partial charge in [-0.05, 0) is 31.0 Å². The Balaban J connectivity index is 2.92. The van der Waals surface area contributed by atoms with Crippen LogP contribution in [0.25, 0.3) is 0 Å². The number of hydrogen-bond donors (Lipinski definition) is 2. The summed E-state index contributed by atoms with van der Waals surface area (Å²) in [5.41, 5.74) is 7.68. The largest absolute Gasteiger partial charge is 0.389 e. The first-order valence-corrected chi connectivity index (χ1v) is 7.14. The second-order valence-corrected chi connectivity index (χ2v) is 5.45. The van der Waals surface area contributed by atoms with Crippen LogP contribution in [0, 0.1) is 0 Å². The van der Waals surface area contributed by atoms with Gasteiger partial charge in [-0.2, -0.15) is 0 Å². The molecule has 0 heterocycles. The van der Waals surface area contributed by atoms with Gasteiger partial charge in [0.25, 0.3) is 0 Å². The first-order valence-electron chi connectivity index (χ1n) is 5.94. The van der Waals surface area contributed by atoms with Gasteiger partial charge in [-0.3, -0.25) is 0 Å². The van der Waals surface area contributed by atoms with E-state index in [0.717, 1.165) is 28.6 Å². The molecule has 0 radical (unpaired) electrons. The SMILES string of the molecule is CCCC(CC)Nc1ccc(Br)cc1C(N)=S. The summed E-state index contributed by atoms with van der Waals surface area (Å²) in [6.07, 6.45) is 3.43. The molecule has 94 valence electrons. The second-order valence-electron chi connectivity index (χ2n) is 4.09. The normalized spacial score (nSPS) is 12.2. The van der Waals surface area contributed by atoms with Crippen LogP contribution in [0.5, 0.6) is 0 Å². The van der Waals surface area contributed by atoms with Gasteiger partial charge in [0.1, 0.15) is 4.99 Å². The molecule has 1 atom stereocenters. The number of benzene rings is 1. The lowest BCUT2D eigenvalue weighted by Crippen LogP contribution is -2.21. The van der Waals surface area contributed by atoms with Crippen LogP contribution in [0.1, 0.15) is 38.7 Å². The van der Waals surface area contributed by atoms with Crippen LogP contribution in [0.2, 0.25) is 0 Å². The van der Waals surface area contributed by atoms with Crippen molar-refractivity contribution in [3.05, 3.63) is 28.2 Å². The van der Waals surface area contributed by atoms with Crippen molar-refractivity contribution >= 4 is 38.8 Å². The Kier molecular flexibility index (Phi) is 5.92. The molecule has 0 bridgehead atoms. The molecule has 4 heteroatoms. The van der Waals surface area contributed by atoms with Crippen LogP contribution >= 0.6 is 28.1 Å². The van der Waals surface area contributed by atoms with Gasteiger partial charge in [0, 0.05) is 21.8 Å². The Morgan fingerprint density at radius 2 is 2.18 bits per heavy atom. The predicted octanol–water partition coefficient (Wildman–Crippen LogP) is 4.07. The molecule has 2 nitrogen and oxygen atoms in total. The molecule has 0 aliphatic carbocycles. The molecule has 0 amide bonds. The summed E-state index contributed by atoms with van der Waals surface area (Å²) in [6, 6.07) is 6.47. The highest BCUT2D eigenvalue weighted by Crippen LogP contribution is 2.23. The molecule has 1 rings (SSSR count). The van der Waals surface area contributed by atoms with Gasteiger partial charge in [0.15, 0.2) is 0 Å². The zero-order valence-electron chi connectivity index (χ0n) is 10.3. The van der Waals surface area contributed by atoms with Crippen molar-refractivity contribution in [3.8, 4) is 0 Å². The molecule has 1 unspecified atom stereocenters. The molecule has 17 heavy (non-hydrogen) atoms. The Labute approximate surface area is 117 Å². The highest BCUT2D eigenvalue weighted by atomic mass is 79.9. The smallest absolute Gasteiger partial charge is 0.106 e. The van der Waals surface area contributed by atoms with Gasteiger partial charge in [0.2, 0.25) is 0 Å². The molecule has 0 aliphatic rings. The highest BCUT2D eigenvalue weighted by Gasteiger charge is 2.10. The Bertz CT molecular complexity index is 393. The average Bonchev–Trinajstić information content (AvgIpc) is 2.30. The molecule has 0 aliphatic heterocycles. The van der Waals surface area contributed by atoms with Crippen LogP contribution in [-0.4, -0.2) is 11.0 Å². The third kappa shape index (κ3) is 4.28. The fourth-order valence-corrected chi connectivity index (χ4v) is 2.32. The minimum absolute atomic E-state index is 0.431. The van der Waals surface area contributed by atoms with Crippen molar-refractivity contribution in [3.63, 3.8) is 0 Å². The number of thiocarbonyl (C=S) groups is 1. The van der Waals surface area contributed by atoms with E-state index >= 15 is 0 Å². The van der Waals surface area contributed by atoms with Crippen LogP contribution in [0.15, 0.2) is 22.7 Å². The fraction of sp³-hybridized carbons (Fsp3) is 0.462. The summed E-state index contributed by atoms with van der Waals surface area (Å²) < 4.78 is 0.995. The summed E-state index contributed by atoms with van der Waals surface area (Å²) >= 11 is 8.52.